The molecule has 0 unspecified atom stereocenters. The summed E-state index contributed by atoms with van der Waals surface area (Å²) < 4.78 is 1.39. The monoisotopic (exact) mass is 226 g/mol. The molecule has 2 rings (SSSR count). The van der Waals surface area contributed by atoms with Crippen LogP contribution in [-0.4, -0.2) is 33.0 Å². The Hall–Kier alpha value is -1.40. The molecule has 1 aliphatic rings. The van der Waals surface area contributed by atoms with E-state index in [1.165, 1.54) is 10.8 Å². The van der Waals surface area contributed by atoms with Gasteiger partial charge in [0.2, 0.25) is 0 Å². The van der Waals surface area contributed by atoms with Crippen molar-refractivity contribution in [3.63, 3.8) is 0 Å². The zero-order valence-electron chi connectivity index (χ0n) is 8.88. The molecule has 2 atom stereocenters. The highest BCUT2D eigenvalue weighted by Gasteiger charge is 2.51. The van der Waals surface area contributed by atoms with Gasteiger partial charge in [-0.15, -0.1) is 0 Å². The number of nitrogens with zero attached hydrogens (tertiary/aromatic N) is 1. The standard InChI is InChI=1S/C10H14N2O4/c1-5-2-12(10(16)11-9(5)15)8-6(3-13)7(8)4-14/h2,6-8,13-14H,3-4H2,1H3,(H,11,15,16)/t6-,7-/m0/s1. The van der Waals surface area contributed by atoms with Gasteiger partial charge in [-0.05, 0) is 6.92 Å². The van der Waals surface area contributed by atoms with Crippen LogP contribution >= 0.6 is 0 Å². The summed E-state index contributed by atoms with van der Waals surface area (Å²) in [5.41, 5.74) is -0.446. The molecular formula is C10H14N2O4. The van der Waals surface area contributed by atoms with Crippen LogP contribution in [0.5, 0.6) is 0 Å². The minimum absolute atomic E-state index is 0.0689. The molecule has 3 N–H and O–H groups in total. The quantitative estimate of drug-likeness (QED) is 0.591. The van der Waals surface area contributed by atoms with Crippen LogP contribution in [0.15, 0.2) is 15.8 Å². The number of H-pyrrole nitrogens is 1. The van der Waals surface area contributed by atoms with E-state index in [0.717, 1.165) is 0 Å². The first-order valence-electron chi connectivity index (χ1n) is 5.14. The third kappa shape index (κ3) is 1.60. The van der Waals surface area contributed by atoms with Gasteiger partial charge in [-0.2, -0.15) is 0 Å². The van der Waals surface area contributed by atoms with Crippen molar-refractivity contribution in [3.05, 3.63) is 32.6 Å². The largest absolute Gasteiger partial charge is 0.396 e. The van der Waals surface area contributed by atoms with Crippen LogP contribution < -0.4 is 11.2 Å². The molecule has 6 nitrogen and oxygen atoms in total. The van der Waals surface area contributed by atoms with Gasteiger partial charge in [-0.1, -0.05) is 0 Å². The third-order valence-corrected chi connectivity index (χ3v) is 3.18. The highest BCUT2D eigenvalue weighted by Crippen LogP contribution is 2.48. The maximum atomic E-state index is 11.5. The molecule has 0 bridgehead atoms. The predicted molar refractivity (Wildman–Crippen MR) is 56.2 cm³/mol. The average molecular weight is 226 g/mol. The fraction of sp³-hybridized carbons (Fsp3) is 0.600. The lowest BCUT2D eigenvalue weighted by Crippen LogP contribution is -2.31. The normalized spacial score (nSPS) is 28.1. The Kier molecular flexibility index (Phi) is 2.69. The van der Waals surface area contributed by atoms with Gasteiger partial charge >= 0.3 is 5.69 Å². The minimum Gasteiger partial charge on any atom is -0.396 e. The number of aromatic amines is 1. The van der Waals surface area contributed by atoms with Crippen LogP contribution in [0, 0.1) is 18.8 Å². The maximum absolute atomic E-state index is 11.5. The molecule has 88 valence electrons. The molecule has 1 aliphatic carbocycles. The molecule has 1 heterocycles. The van der Waals surface area contributed by atoms with E-state index in [1.807, 2.05) is 0 Å². The Morgan fingerprint density at radius 1 is 1.31 bits per heavy atom. The van der Waals surface area contributed by atoms with E-state index >= 15 is 0 Å². The topological polar surface area (TPSA) is 95.3 Å². The van der Waals surface area contributed by atoms with Gasteiger partial charge in [0.1, 0.15) is 0 Å². The summed E-state index contributed by atoms with van der Waals surface area (Å²) in [6, 6.07) is -0.210. The fourth-order valence-electron chi connectivity index (χ4n) is 2.13. The lowest BCUT2D eigenvalue weighted by Gasteiger charge is -2.04. The van der Waals surface area contributed by atoms with Crippen LogP contribution in [0.4, 0.5) is 0 Å². The third-order valence-electron chi connectivity index (χ3n) is 3.18. The first-order valence-corrected chi connectivity index (χ1v) is 5.14. The van der Waals surface area contributed by atoms with Gasteiger partial charge in [0.05, 0.1) is 0 Å². The molecule has 1 aromatic heterocycles. The number of aryl methyl sites for hydroxylation is 1. The summed E-state index contributed by atoms with van der Waals surface area (Å²) in [5, 5.41) is 18.1. The van der Waals surface area contributed by atoms with Gasteiger partial charge in [0.25, 0.3) is 5.56 Å². The molecule has 16 heavy (non-hydrogen) atoms. The van der Waals surface area contributed by atoms with Gasteiger partial charge in [-0.25, -0.2) is 4.79 Å². The molecule has 0 aromatic carbocycles. The highest BCUT2D eigenvalue weighted by molar-refractivity contribution is 5.08. The summed E-state index contributed by atoms with van der Waals surface area (Å²) in [5.74, 6) is -0.207. The van der Waals surface area contributed by atoms with E-state index in [2.05, 4.69) is 4.98 Å². The summed E-state index contributed by atoms with van der Waals surface area (Å²) in [7, 11) is 0. The van der Waals surface area contributed by atoms with E-state index < -0.39 is 11.2 Å². The Balaban J connectivity index is 2.39. The maximum Gasteiger partial charge on any atom is 0.328 e. The molecule has 0 saturated heterocycles. The number of nitrogens with one attached hydrogen (secondary N) is 1. The Bertz CT molecular complexity index is 494. The Labute approximate surface area is 91.2 Å². The van der Waals surface area contributed by atoms with E-state index in [1.54, 1.807) is 6.92 Å². The molecule has 0 radical (unpaired) electrons. The fourth-order valence-corrected chi connectivity index (χ4v) is 2.13. The minimum atomic E-state index is -0.491. The van der Waals surface area contributed by atoms with Crippen molar-refractivity contribution in [3.8, 4) is 0 Å². The predicted octanol–water partition coefficient (Wildman–Crippen LogP) is -1.38. The number of aromatic nitrogens is 2. The first-order chi connectivity index (χ1) is 7.60. The van der Waals surface area contributed by atoms with Crippen molar-refractivity contribution in [2.75, 3.05) is 13.2 Å². The molecular weight excluding hydrogens is 212 g/mol. The summed E-state index contributed by atoms with van der Waals surface area (Å²) in [4.78, 5) is 24.9. The molecule has 1 aromatic rings. The van der Waals surface area contributed by atoms with Crippen LogP contribution in [0.3, 0.4) is 0 Å². The van der Waals surface area contributed by atoms with Crippen molar-refractivity contribution in [2.24, 2.45) is 11.8 Å². The number of hydrogen-bond acceptors (Lipinski definition) is 4. The number of hydrogen-bond donors (Lipinski definition) is 3. The van der Waals surface area contributed by atoms with Crippen LogP contribution in [0.1, 0.15) is 11.6 Å². The van der Waals surface area contributed by atoms with Gasteiger partial charge in [-0.3, -0.25) is 14.3 Å². The smallest absolute Gasteiger partial charge is 0.328 e. The molecule has 0 amide bonds. The van der Waals surface area contributed by atoms with E-state index in [-0.39, 0.29) is 31.1 Å². The van der Waals surface area contributed by atoms with Crippen molar-refractivity contribution < 1.29 is 10.2 Å². The van der Waals surface area contributed by atoms with Crippen molar-refractivity contribution in [1.29, 1.82) is 0 Å². The van der Waals surface area contributed by atoms with Crippen LogP contribution in [-0.2, 0) is 0 Å². The number of rotatable bonds is 3. The second-order valence-corrected chi connectivity index (χ2v) is 4.16. The van der Waals surface area contributed by atoms with Gasteiger partial charge in [0, 0.05) is 42.9 Å². The Morgan fingerprint density at radius 2 is 1.88 bits per heavy atom. The Morgan fingerprint density at radius 3 is 2.38 bits per heavy atom. The highest BCUT2D eigenvalue weighted by atomic mass is 16.3. The van der Waals surface area contributed by atoms with E-state index in [9.17, 15) is 9.59 Å². The van der Waals surface area contributed by atoms with Crippen molar-refractivity contribution in [1.82, 2.24) is 9.55 Å². The molecule has 1 saturated carbocycles. The van der Waals surface area contributed by atoms with Gasteiger partial charge in [0.15, 0.2) is 0 Å². The number of aliphatic hydroxyl groups excluding tert-OH is 2. The first kappa shape index (κ1) is 11.1. The summed E-state index contributed by atoms with van der Waals surface area (Å²) in [6.45, 7) is 1.47. The SMILES string of the molecule is Cc1cn(C2[C@@H](CO)[C@@H]2CO)c(=O)[nH]c1=O. The van der Waals surface area contributed by atoms with Crippen LogP contribution in [0.2, 0.25) is 0 Å². The molecule has 0 aliphatic heterocycles. The average Bonchev–Trinajstić information content (AvgIpc) is 2.96. The van der Waals surface area contributed by atoms with E-state index in [0.29, 0.717) is 5.56 Å². The zero-order chi connectivity index (χ0) is 11.9. The number of aliphatic hydroxyl groups is 2. The van der Waals surface area contributed by atoms with Crippen LogP contribution in [0.25, 0.3) is 0 Å². The molecule has 0 spiro atoms. The lowest BCUT2D eigenvalue weighted by atomic mass is 10.3. The molecule has 6 heteroatoms. The lowest BCUT2D eigenvalue weighted by molar-refractivity contribution is 0.232. The van der Waals surface area contributed by atoms with Crippen molar-refractivity contribution in [2.45, 2.75) is 13.0 Å². The second kappa shape index (κ2) is 3.88. The van der Waals surface area contributed by atoms with E-state index in [4.69, 9.17) is 10.2 Å². The van der Waals surface area contributed by atoms with Gasteiger partial charge < -0.3 is 10.2 Å². The summed E-state index contributed by atoms with van der Waals surface area (Å²) in [6.07, 6.45) is 1.48. The molecule has 1 fully saturated rings. The summed E-state index contributed by atoms with van der Waals surface area (Å²) >= 11 is 0. The zero-order valence-corrected chi connectivity index (χ0v) is 8.88. The second-order valence-electron chi connectivity index (χ2n) is 4.16. The van der Waals surface area contributed by atoms with Crippen molar-refractivity contribution >= 4 is 0 Å².